The van der Waals surface area contributed by atoms with E-state index in [-0.39, 0.29) is 0 Å². The molecule has 2 atom stereocenters. The van der Waals surface area contributed by atoms with Gasteiger partial charge in [-0.1, -0.05) is 19.9 Å². The number of hydrogen-bond acceptors (Lipinski definition) is 3. The molecule has 1 aromatic rings. The molecule has 1 rings (SSSR count). The van der Waals surface area contributed by atoms with E-state index in [4.69, 9.17) is 0 Å². The minimum atomic E-state index is 0.307. The lowest BCUT2D eigenvalue weighted by Gasteiger charge is -2.26. The highest BCUT2D eigenvalue weighted by Crippen LogP contribution is 2.09. The van der Waals surface area contributed by atoms with Gasteiger partial charge in [0.05, 0.1) is 5.69 Å². The monoisotopic (exact) mass is 235 g/mol. The fourth-order valence-electron chi connectivity index (χ4n) is 2.07. The van der Waals surface area contributed by atoms with Crippen LogP contribution >= 0.6 is 0 Å². The molecule has 17 heavy (non-hydrogen) atoms. The number of aromatic nitrogens is 1. The number of likely N-dealkylation sites (N-methyl/N-ethyl adjacent to an activating group) is 1. The van der Waals surface area contributed by atoms with Gasteiger partial charge < -0.3 is 10.2 Å². The summed E-state index contributed by atoms with van der Waals surface area (Å²) < 4.78 is 0. The molecule has 1 N–H and O–H groups in total. The van der Waals surface area contributed by atoms with Crippen molar-refractivity contribution in [2.45, 2.75) is 39.8 Å². The molecule has 2 unspecified atom stereocenters. The van der Waals surface area contributed by atoms with E-state index in [9.17, 15) is 0 Å². The summed E-state index contributed by atoms with van der Waals surface area (Å²) in [4.78, 5) is 6.81. The van der Waals surface area contributed by atoms with Crippen LogP contribution in [0.25, 0.3) is 0 Å². The lowest BCUT2D eigenvalue weighted by atomic mass is 10.2. The number of nitrogens with zero attached hydrogens (tertiary/aromatic N) is 2. The first-order chi connectivity index (χ1) is 8.17. The number of nitrogens with one attached hydrogen (secondary N) is 1. The van der Waals surface area contributed by atoms with Gasteiger partial charge in [-0.25, -0.2) is 0 Å². The Morgan fingerprint density at radius 2 is 1.94 bits per heavy atom. The van der Waals surface area contributed by atoms with E-state index in [0.29, 0.717) is 12.1 Å². The Morgan fingerprint density at radius 1 is 1.24 bits per heavy atom. The standard InChI is InChI=1S/C14H25N3/c1-5-17(6-2)11-12(3)16-13(4)14-9-7-8-10-15-14/h7-10,12-13,16H,5-6,11H2,1-4H3. The van der Waals surface area contributed by atoms with E-state index in [1.807, 2.05) is 18.3 Å². The van der Waals surface area contributed by atoms with Crippen molar-refractivity contribution in [2.24, 2.45) is 0 Å². The van der Waals surface area contributed by atoms with Gasteiger partial charge in [0.1, 0.15) is 0 Å². The zero-order valence-corrected chi connectivity index (χ0v) is 11.5. The molecule has 0 amide bonds. The Kier molecular flexibility index (Phi) is 6.16. The fraction of sp³-hybridized carbons (Fsp3) is 0.643. The van der Waals surface area contributed by atoms with Gasteiger partial charge in [0.25, 0.3) is 0 Å². The average molecular weight is 235 g/mol. The maximum Gasteiger partial charge on any atom is 0.0570 e. The van der Waals surface area contributed by atoms with E-state index < -0.39 is 0 Å². The quantitative estimate of drug-likeness (QED) is 0.787. The fourth-order valence-corrected chi connectivity index (χ4v) is 2.07. The molecule has 0 aromatic carbocycles. The molecule has 0 aliphatic heterocycles. The van der Waals surface area contributed by atoms with Crippen LogP contribution in [-0.4, -0.2) is 35.6 Å². The van der Waals surface area contributed by atoms with E-state index in [0.717, 1.165) is 25.3 Å². The SMILES string of the molecule is CCN(CC)CC(C)NC(C)c1ccccn1. The van der Waals surface area contributed by atoms with Crippen molar-refractivity contribution in [3.63, 3.8) is 0 Å². The van der Waals surface area contributed by atoms with Gasteiger partial charge in [-0.3, -0.25) is 4.98 Å². The van der Waals surface area contributed by atoms with Crippen molar-refractivity contribution >= 4 is 0 Å². The molecule has 0 saturated carbocycles. The molecule has 3 nitrogen and oxygen atoms in total. The van der Waals surface area contributed by atoms with Gasteiger partial charge in [0, 0.05) is 24.8 Å². The average Bonchev–Trinajstić information content (AvgIpc) is 2.37. The van der Waals surface area contributed by atoms with E-state index in [2.05, 4.69) is 49.0 Å². The summed E-state index contributed by atoms with van der Waals surface area (Å²) in [5.74, 6) is 0. The zero-order valence-electron chi connectivity index (χ0n) is 11.5. The molecule has 0 aliphatic rings. The summed E-state index contributed by atoms with van der Waals surface area (Å²) >= 11 is 0. The molecule has 96 valence electrons. The summed E-state index contributed by atoms with van der Waals surface area (Å²) in [5.41, 5.74) is 1.11. The molecular weight excluding hydrogens is 210 g/mol. The Hall–Kier alpha value is -0.930. The molecule has 0 fully saturated rings. The highest BCUT2D eigenvalue weighted by atomic mass is 15.1. The number of rotatable bonds is 7. The maximum absolute atomic E-state index is 4.38. The van der Waals surface area contributed by atoms with Crippen molar-refractivity contribution in [2.75, 3.05) is 19.6 Å². The molecule has 0 saturated heterocycles. The first kappa shape index (κ1) is 14.1. The molecule has 3 heteroatoms. The molecule has 0 bridgehead atoms. The van der Waals surface area contributed by atoms with Crippen LogP contribution in [0.3, 0.4) is 0 Å². The van der Waals surface area contributed by atoms with Crippen molar-refractivity contribution in [3.8, 4) is 0 Å². The third kappa shape index (κ3) is 4.84. The summed E-state index contributed by atoms with van der Waals surface area (Å²) in [6, 6.07) is 6.85. The second-order valence-electron chi connectivity index (χ2n) is 4.53. The third-order valence-corrected chi connectivity index (χ3v) is 3.09. The lowest BCUT2D eigenvalue weighted by Crippen LogP contribution is -2.40. The van der Waals surface area contributed by atoms with Crippen LogP contribution in [0.15, 0.2) is 24.4 Å². The van der Waals surface area contributed by atoms with Crippen LogP contribution < -0.4 is 5.32 Å². The van der Waals surface area contributed by atoms with Gasteiger partial charge in [-0.2, -0.15) is 0 Å². The Morgan fingerprint density at radius 3 is 2.47 bits per heavy atom. The smallest absolute Gasteiger partial charge is 0.0570 e. The van der Waals surface area contributed by atoms with Gasteiger partial charge >= 0.3 is 0 Å². The Labute approximate surface area is 105 Å². The molecule has 0 aliphatic carbocycles. The molecule has 1 aromatic heterocycles. The van der Waals surface area contributed by atoms with Crippen LogP contribution in [0, 0.1) is 0 Å². The second-order valence-corrected chi connectivity index (χ2v) is 4.53. The maximum atomic E-state index is 4.38. The molecular formula is C14H25N3. The van der Waals surface area contributed by atoms with Gasteiger partial charge in [0.15, 0.2) is 0 Å². The minimum absolute atomic E-state index is 0.307. The molecule has 1 heterocycles. The van der Waals surface area contributed by atoms with Crippen molar-refractivity contribution in [3.05, 3.63) is 30.1 Å². The van der Waals surface area contributed by atoms with Crippen molar-refractivity contribution in [1.82, 2.24) is 15.2 Å². The Bertz CT molecular complexity index is 296. The number of hydrogen-bond donors (Lipinski definition) is 1. The van der Waals surface area contributed by atoms with Crippen LogP contribution in [-0.2, 0) is 0 Å². The topological polar surface area (TPSA) is 28.2 Å². The van der Waals surface area contributed by atoms with E-state index in [1.54, 1.807) is 0 Å². The third-order valence-electron chi connectivity index (χ3n) is 3.09. The largest absolute Gasteiger partial charge is 0.305 e. The predicted molar refractivity (Wildman–Crippen MR) is 73.0 cm³/mol. The number of pyridine rings is 1. The second kappa shape index (κ2) is 7.41. The summed E-state index contributed by atoms with van der Waals surface area (Å²) in [6.07, 6.45) is 1.85. The van der Waals surface area contributed by atoms with Crippen LogP contribution in [0.1, 0.15) is 39.4 Å². The van der Waals surface area contributed by atoms with Crippen LogP contribution in [0.5, 0.6) is 0 Å². The first-order valence-electron chi connectivity index (χ1n) is 6.56. The Balaban J connectivity index is 2.43. The summed E-state index contributed by atoms with van der Waals surface area (Å²) in [6.45, 7) is 12.1. The van der Waals surface area contributed by atoms with Gasteiger partial charge in [-0.05, 0) is 39.1 Å². The predicted octanol–water partition coefficient (Wildman–Crippen LogP) is 2.46. The molecule has 0 spiro atoms. The highest BCUT2D eigenvalue weighted by Gasteiger charge is 2.12. The first-order valence-corrected chi connectivity index (χ1v) is 6.56. The van der Waals surface area contributed by atoms with E-state index in [1.165, 1.54) is 0 Å². The summed E-state index contributed by atoms with van der Waals surface area (Å²) in [5, 5.41) is 3.59. The van der Waals surface area contributed by atoms with Gasteiger partial charge in [0.2, 0.25) is 0 Å². The van der Waals surface area contributed by atoms with Crippen LogP contribution in [0.2, 0.25) is 0 Å². The van der Waals surface area contributed by atoms with Gasteiger partial charge in [-0.15, -0.1) is 0 Å². The van der Waals surface area contributed by atoms with Crippen molar-refractivity contribution < 1.29 is 0 Å². The van der Waals surface area contributed by atoms with Crippen LogP contribution in [0.4, 0.5) is 0 Å². The van der Waals surface area contributed by atoms with Crippen molar-refractivity contribution in [1.29, 1.82) is 0 Å². The normalized spacial score (nSPS) is 14.9. The highest BCUT2D eigenvalue weighted by molar-refractivity contribution is 5.07. The lowest BCUT2D eigenvalue weighted by molar-refractivity contribution is 0.263. The van der Waals surface area contributed by atoms with E-state index >= 15 is 0 Å². The minimum Gasteiger partial charge on any atom is -0.305 e. The zero-order chi connectivity index (χ0) is 12.7. The molecule has 0 radical (unpaired) electrons. The summed E-state index contributed by atoms with van der Waals surface area (Å²) in [7, 11) is 0.